The molecule has 0 spiro atoms. The maximum atomic E-state index is 12.4. The summed E-state index contributed by atoms with van der Waals surface area (Å²) in [5.41, 5.74) is 0.996. The number of nitrogens with one attached hydrogen (secondary N) is 1. The standard InChI is InChI=1S/C11H19N3O4S2/c1-4-14-9(3)11(8(2)12-14)20(17,18)13-10-5-6-19(15,16)7-10/h10,13H,4-7H2,1-3H3/t10-/m1/s1. The minimum absolute atomic E-state index is 0.0341. The van der Waals surface area contributed by atoms with Gasteiger partial charge in [0.05, 0.1) is 22.9 Å². The topological polar surface area (TPSA) is 98.1 Å². The summed E-state index contributed by atoms with van der Waals surface area (Å²) in [4.78, 5) is 0.156. The summed E-state index contributed by atoms with van der Waals surface area (Å²) in [6.07, 6.45) is 0.321. The second-order valence-corrected chi connectivity index (χ2v) is 8.92. The minimum atomic E-state index is -3.74. The average Bonchev–Trinajstić information content (AvgIpc) is 2.78. The first-order valence-corrected chi connectivity index (χ1v) is 9.73. The zero-order valence-electron chi connectivity index (χ0n) is 11.7. The van der Waals surface area contributed by atoms with E-state index in [1.807, 2.05) is 6.92 Å². The summed E-state index contributed by atoms with van der Waals surface area (Å²) < 4.78 is 51.7. The van der Waals surface area contributed by atoms with Crippen LogP contribution < -0.4 is 4.72 Å². The SMILES string of the molecule is CCn1nc(C)c(S(=O)(=O)N[C@@H]2CCS(=O)(=O)C2)c1C. The smallest absolute Gasteiger partial charge is 0.244 e. The first-order valence-electron chi connectivity index (χ1n) is 6.43. The number of nitrogens with zero attached hydrogens (tertiary/aromatic N) is 2. The minimum Gasteiger partial charge on any atom is -0.268 e. The van der Waals surface area contributed by atoms with Crippen molar-refractivity contribution in [3.63, 3.8) is 0 Å². The lowest BCUT2D eigenvalue weighted by atomic mass is 10.3. The van der Waals surface area contributed by atoms with E-state index >= 15 is 0 Å². The van der Waals surface area contributed by atoms with Crippen molar-refractivity contribution in [3.05, 3.63) is 11.4 Å². The molecule has 1 aliphatic heterocycles. The predicted molar refractivity (Wildman–Crippen MR) is 74.8 cm³/mol. The molecule has 1 N–H and O–H groups in total. The molecule has 2 heterocycles. The normalized spacial score (nSPS) is 22.2. The Morgan fingerprint density at radius 3 is 2.50 bits per heavy atom. The van der Waals surface area contributed by atoms with Crippen molar-refractivity contribution in [2.75, 3.05) is 11.5 Å². The number of sulfonamides is 1. The van der Waals surface area contributed by atoms with Gasteiger partial charge in [0.15, 0.2) is 9.84 Å². The zero-order chi connectivity index (χ0) is 15.1. The second-order valence-electron chi connectivity index (χ2n) is 5.04. The van der Waals surface area contributed by atoms with Gasteiger partial charge < -0.3 is 0 Å². The van der Waals surface area contributed by atoms with Gasteiger partial charge >= 0.3 is 0 Å². The van der Waals surface area contributed by atoms with Crippen LogP contribution in [-0.2, 0) is 26.4 Å². The fraction of sp³-hybridized carbons (Fsp3) is 0.727. The van der Waals surface area contributed by atoms with Crippen molar-refractivity contribution in [2.24, 2.45) is 0 Å². The summed E-state index contributed by atoms with van der Waals surface area (Å²) in [6, 6.07) is -0.547. The van der Waals surface area contributed by atoms with Gasteiger partial charge in [0, 0.05) is 12.6 Å². The van der Waals surface area contributed by atoms with Crippen LogP contribution in [-0.4, -0.2) is 44.2 Å². The van der Waals surface area contributed by atoms with Gasteiger partial charge in [0.25, 0.3) is 0 Å². The molecule has 0 saturated carbocycles. The number of hydrogen-bond donors (Lipinski definition) is 1. The maximum Gasteiger partial charge on any atom is 0.244 e. The average molecular weight is 321 g/mol. The van der Waals surface area contributed by atoms with E-state index in [1.165, 1.54) is 0 Å². The molecule has 1 aromatic heterocycles. The van der Waals surface area contributed by atoms with Crippen LogP contribution in [0.3, 0.4) is 0 Å². The van der Waals surface area contributed by atoms with Crippen LogP contribution in [0.25, 0.3) is 0 Å². The third-order valence-electron chi connectivity index (χ3n) is 3.44. The summed E-state index contributed by atoms with van der Waals surface area (Å²) in [5.74, 6) is -0.0986. The largest absolute Gasteiger partial charge is 0.268 e. The molecule has 2 rings (SSSR count). The first-order chi connectivity index (χ1) is 9.16. The van der Waals surface area contributed by atoms with E-state index in [0.717, 1.165) is 0 Å². The van der Waals surface area contributed by atoms with Crippen molar-refractivity contribution in [1.82, 2.24) is 14.5 Å². The molecule has 0 unspecified atom stereocenters. The molecule has 0 aliphatic carbocycles. The molecule has 1 fully saturated rings. The van der Waals surface area contributed by atoms with Gasteiger partial charge in [-0.2, -0.15) is 5.10 Å². The highest BCUT2D eigenvalue weighted by Gasteiger charge is 2.33. The van der Waals surface area contributed by atoms with Crippen LogP contribution >= 0.6 is 0 Å². The lowest BCUT2D eigenvalue weighted by Gasteiger charge is -2.12. The van der Waals surface area contributed by atoms with Crippen molar-refractivity contribution in [3.8, 4) is 0 Å². The predicted octanol–water partition coefficient (Wildman–Crippen LogP) is -0.0148. The number of rotatable bonds is 4. The number of sulfone groups is 1. The van der Waals surface area contributed by atoms with Crippen molar-refractivity contribution in [2.45, 2.75) is 44.7 Å². The van der Waals surface area contributed by atoms with E-state index in [1.54, 1.807) is 18.5 Å². The van der Waals surface area contributed by atoms with Gasteiger partial charge in [-0.3, -0.25) is 4.68 Å². The maximum absolute atomic E-state index is 12.4. The lowest BCUT2D eigenvalue weighted by molar-refractivity contribution is 0.560. The Morgan fingerprint density at radius 2 is 2.05 bits per heavy atom. The summed E-state index contributed by atoms with van der Waals surface area (Å²) in [7, 11) is -6.86. The van der Waals surface area contributed by atoms with E-state index in [9.17, 15) is 16.8 Å². The molecule has 0 radical (unpaired) electrons. The van der Waals surface area contributed by atoms with Gasteiger partial charge in [-0.05, 0) is 27.2 Å². The zero-order valence-corrected chi connectivity index (χ0v) is 13.4. The van der Waals surface area contributed by atoms with Crippen LogP contribution in [0.1, 0.15) is 24.7 Å². The fourth-order valence-corrected chi connectivity index (χ4v) is 6.00. The highest BCUT2D eigenvalue weighted by Crippen LogP contribution is 2.21. The van der Waals surface area contributed by atoms with Gasteiger partial charge in [0.1, 0.15) is 4.90 Å². The third kappa shape index (κ3) is 2.89. The molecule has 7 nitrogen and oxygen atoms in total. The quantitative estimate of drug-likeness (QED) is 0.841. The summed E-state index contributed by atoms with van der Waals surface area (Å²) in [6.45, 7) is 5.80. The Kier molecular flexibility index (Phi) is 3.96. The van der Waals surface area contributed by atoms with Gasteiger partial charge in [-0.15, -0.1) is 0 Å². The highest BCUT2D eigenvalue weighted by molar-refractivity contribution is 7.92. The van der Waals surface area contributed by atoms with Gasteiger partial charge in [-0.1, -0.05) is 0 Å². The molecule has 114 valence electrons. The first kappa shape index (κ1) is 15.5. The van der Waals surface area contributed by atoms with E-state index in [-0.39, 0.29) is 16.4 Å². The number of aryl methyl sites for hydroxylation is 2. The Morgan fingerprint density at radius 1 is 1.40 bits per heavy atom. The van der Waals surface area contributed by atoms with Gasteiger partial charge in [0.2, 0.25) is 10.0 Å². The molecule has 20 heavy (non-hydrogen) atoms. The third-order valence-corrected chi connectivity index (χ3v) is 6.98. The fourth-order valence-electron chi connectivity index (χ4n) is 2.54. The molecule has 1 aliphatic rings. The van der Waals surface area contributed by atoms with E-state index < -0.39 is 25.9 Å². The summed E-state index contributed by atoms with van der Waals surface area (Å²) in [5, 5.41) is 4.18. The highest BCUT2D eigenvalue weighted by atomic mass is 32.2. The summed E-state index contributed by atoms with van der Waals surface area (Å²) >= 11 is 0. The Hall–Kier alpha value is -0.930. The molecule has 9 heteroatoms. The van der Waals surface area contributed by atoms with E-state index in [0.29, 0.717) is 24.4 Å². The van der Waals surface area contributed by atoms with Crippen LogP contribution in [0.5, 0.6) is 0 Å². The van der Waals surface area contributed by atoms with Crippen LogP contribution in [0.2, 0.25) is 0 Å². The van der Waals surface area contributed by atoms with E-state index in [2.05, 4.69) is 9.82 Å². The molecule has 1 saturated heterocycles. The molecule has 0 amide bonds. The van der Waals surface area contributed by atoms with Crippen molar-refractivity contribution >= 4 is 19.9 Å². The van der Waals surface area contributed by atoms with Crippen LogP contribution in [0.15, 0.2) is 4.90 Å². The van der Waals surface area contributed by atoms with Crippen LogP contribution in [0.4, 0.5) is 0 Å². The number of aromatic nitrogens is 2. The van der Waals surface area contributed by atoms with Gasteiger partial charge in [-0.25, -0.2) is 21.6 Å². The molecule has 1 aromatic rings. The monoisotopic (exact) mass is 321 g/mol. The molecular weight excluding hydrogens is 302 g/mol. The van der Waals surface area contributed by atoms with Crippen molar-refractivity contribution in [1.29, 1.82) is 0 Å². The Balaban J connectivity index is 2.30. The molecular formula is C11H19N3O4S2. The van der Waals surface area contributed by atoms with Crippen molar-refractivity contribution < 1.29 is 16.8 Å². The molecule has 0 bridgehead atoms. The Bertz CT molecular complexity index is 719. The lowest BCUT2D eigenvalue weighted by Crippen LogP contribution is -2.36. The number of hydrogen-bond acceptors (Lipinski definition) is 5. The van der Waals surface area contributed by atoms with E-state index in [4.69, 9.17) is 0 Å². The molecule has 0 aromatic carbocycles. The Labute approximate surface area is 119 Å². The van der Waals surface area contributed by atoms with Crippen LogP contribution in [0, 0.1) is 13.8 Å². The second kappa shape index (κ2) is 5.12. The molecule has 1 atom stereocenters.